The van der Waals surface area contributed by atoms with E-state index in [1.807, 2.05) is 12.1 Å². The molecule has 0 bridgehead atoms. The minimum Gasteiger partial charge on any atom is -0.349 e. The first-order valence-corrected chi connectivity index (χ1v) is 8.96. The quantitative estimate of drug-likeness (QED) is 0.901. The van der Waals surface area contributed by atoms with E-state index in [9.17, 15) is 13.2 Å². The maximum absolute atomic E-state index is 12.2. The summed E-state index contributed by atoms with van der Waals surface area (Å²) in [4.78, 5) is 12.2. The summed E-state index contributed by atoms with van der Waals surface area (Å²) in [6.07, 6.45) is 3.51. The van der Waals surface area contributed by atoms with E-state index < -0.39 is 9.84 Å². The van der Waals surface area contributed by atoms with E-state index in [1.54, 1.807) is 0 Å². The van der Waals surface area contributed by atoms with Crippen molar-refractivity contribution in [2.75, 3.05) is 11.5 Å². The molecule has 1 N–H and O–H groups in total. The molecule has 1 heterocycles. The smallest absolute Gasteiger partial charge is 0.224 e. The van der Waals surface area contributed by atoms with Crippen molar-refractivity contribution in [3.05, 3.63) is 35.4 Å². The van der Waals surface area contributed by atoms with E-state index >= 15 is 0 Å². The topological polar surface area (TPSA) is 63.2 Å². The van der Waals surface area contributed by atoms with Crippen LogP contribution < -0.4 is 5.32 Å². The van der Waals surface area contributed by atoms with Gasteiger partial charge in [0.2, 0.25) is 5.91 Å². The third kappa shape index (κ3) is 2.73. The van der Waals surface area contributed by atoms with E-state index in [4.69, 9.17) is 0 Å². The van der Waals surface area contributed by atoms with Crippen molar-refractivity contribution in [3.8, 4) is 0 Å². The molecule has 3 rings (SSSR count). The van der Waals surface area contributed by atoms with Gasteiger partial charge in [0.15, 0.2) is 9.84 Å². The van der Waals surface area contributed by atoms with Crippen LogP contribution in [-0.2, 0) is 21.1 Å². The van der Waals surface area contributed by atoms with Crippen LogP contribution in [0.2, 0.25) is 0 Å². The first kappa shape index (κ1) is 13.6. The Morgan fingerprint density at radius 3 is 2.75 bits per heavy atom. The van der Waals surface area contributed by atoms with Gasteiger partial charge >= 0.3 is 0 Å². The number of aryl methyl sites for hydroxylation is 1. The Balaban J connectivity index is 1.72. The fourth-order valence-electron chi connectivity index (χ4n) is 3.20. The summed E-state index contributed by atoms with van der Waals surface area (Å²) in [6, 6.07) is 8.21. The highest BCUT2D eigenvalue weighted by Crippen LogP contribution is 2.30. The lowest BCUT2D eigenvalue weighted by Gasteiger charge is -2.27. The predicted octanol–water partition coefficient (Wildman–Crippen LogP) is 1.61. The lowest BCUT2D eigenvalue weighted by molar-refractivity contribution is -0.125. The second kappa shape index (κ2) is 5.20. The normalized spacial score (nSPS) is 27.8. The van der Waals surface area contributed by atoms with Crippen molar-refractivity contribution < 1.29 is 13.2 Å². The number of fused-ring (bicyclic) bond motifs is 1. The molecule has 0 saturated carbocycles. The molecule has 5 heteroatoms. The molecule has 2 aliphatic rings. The van der Waals surface area contributed by atoms with Crippen LogP contribution in [0.25, 0.3) is 0 Å². The Bertz CT molecular complexity index is 624. The zero-order valence-electron chi connectivity index (χ0n) is 11.3. The van der Waals surface area contributed by atoms with Gasteiger partial charge in [-0.25, -0.2) is 8.42 Å². The minimum atomic E-state index is -3.00. The molecule has 0 spiro atoms. The summed E-state index contributed by atoms with van der Waals surface area (Å²) in [5.74, 6) is -0.318. The van der Waals surface area contributed by atoms with Crippen molar-refractivity contribution in [2.45, 2.75) is 31.7 Å². The van der Waals surface area contributed by atoms with Gasteiger partial charge in [-0.3, -0.25) is 4.79 Å². The van der Waals surface area contributed by atoms with Gasteiger partial charge < -0.3 is 5.32 Å². The van der Waals surface area contributed by atoms with Gasteiger partial charge in [0.1, 0.15) is 0 Å². The number of hydrogen-bond acceptors (Lipinski definition) is 3. The van der Waals surface area contributed by atoms with Gasteiger partial charge in [-0.2, -0.15) is 0 Å². The Hall–Kier alpha value is -1.36. The monoisotopic (exact) mass is 293 g/mol. The van der Waals surface area contributed by atoms with Crippen LogP contribution in [0.4, 0.5) is 0 Å². The zero-order valence-corrected chi connectivity index (χ0v) is 12.2. The van der Waals surface area contributed by atoms with Crippen LogP contribution in [0.5, 0.6) is 0 Å². The second-order valence-corrected chi connectivity index (χ2v) is 7.98. The summed E-state index contributed by atoms with van der Waals surface area (Å²) in [5.41, 5.74) is 2.48. The van der Waals surface area contributed by atoms with E-state index in [-0.39, 0.29) is 29.4 Å². The summed E-state index contributed by atoms with van der Waals surface area (Å²) >= 11 is 0. The molecule has 0 aromatic heterocycles. The van der Waals surface area contributed by atoms with Crippen molar-refractivity contribution >= 4 is 15.7 Å². The molecule has 1 aromatic carbocycles. The molecule has 0 radical (unpaired) electrons. The highest BCUT2D eigenvalue weighted by Gasteiger charge is 2.34. The van der Waals surface area contributed by atoms with Crippen LogP contribution in [0.3, 0.4) is 0 Å². The van der Waals surface area contributed by atoms with Crippen LogP contribution in [0.15, 0.2) is 24.3 Å². The van der Waals surface area contributed by atoms with Crippen molar-refractivity contribution in [3.63, 3.8) is 0 Å². The predicted molar refractivity (Wildman–Crippen MR) is 77.0 cm³/mol. The van der Waals surface area contributed by atoms with E-state index in [0.717, 1.165) is 19.3 Å². The Labute approximate surface area is 119 Å². The van der Waals surface area contributed by atoms with Crippen molar-refractivity contribution in [1.29, 1.82) is 0 Å². The molecule has 0 unspecified atom stereocenters. The number of benzene rings is 1. The number of sulfone groups is 1. The van der Waals surface area contributed by atoms with Gasteiger partial charge in [0.25, 0.3) is 0 Å². The SMILES string of the molecule is O=C(N[C@H]1CCCc2ccccc21)[C@H]1CCS(=O)(=O)C1. The number of amides is 1. The third-order valence-electron chi connectivity index (χ3n) is 4.29. The highest BCUT2D eigenvalue weighted by atomic mass is 32.2. The summed E-state index contributed by atoms with van der Waals surface area (Å²) in [7, 11) is -3.00. The fourth-order valence-corrected chi connectivity index (χ4v) is 4.94. The summed E-state index contributed by atoms with van der Waals surface area (Å²) in [6.45, 7) is 0. The standard InChI is InChI=1S/C15H19NO3S/c17-15(12-8-9-20(18,19)10-12)16-14-7-3-5-11-4-1-2-6-13(11)14/h1-2,4,6,12,14H,3,5,7-10H2,(H,16,17)/t12-,14-/m0/s1. The van der Waals surface area contributed by atoms with Gasteiger partial charge in [-0.1, -0.05) is 24.3 Å². The van der Waals surface area contributed by atoms with Crippen LogP contribution in [0.1, 0.15) is 36.4 Å². The molecule has 20 heavy (non-hydrogen) atoms. The van der Waals surface area contributed by atoms with Crippen molar-refractivity contribution in [1.82, 2.24) is 5.32 Å². The number of hydrogen-bond donors (Lipinski definition) is 1. The van der Waals surface area contributed by atoms with Crippen LogP contribution in [-0.4, -0.2) is 25.8 Å². The zero-order chi connectivity index (χ0) is 14.2. The van der Waals surface area contributed by atoms with E-state index in [0.29, 0.717) is 6.42 Å². The molecule has 1 fully saturated rings. The highest BCUT2D eigenvalue weighted by molar-refractivity contribution is 7.91. The van der Waals surface area contributed by atoms with Gasteiger partial charge in [-0.05, 0) is 36.8 Å². The molecule has 1 aromatic rings. The first-order valence-electron chi connectivity index (χ1n) is 7.14. The average molecular weight is 293 g/mol. The molecule has 1 aliphatic heterocycles. The molecule has 2 atom stereocenters. The molecule has 1 saturated heterocycles. The number of carbonyl (C=O) groups is 1. The molecular weight excluding hydrogens is 274 g/mol. The van der Waals surface area contributed by atoms with Gasteiger partial charge in [-0.15, -0.1) is 0 Å². The molecule has 1 aliphatic carbocycles. The van der Waals surface area contributed by atoms with Crippen LogP contribution >= 0.6 is 0 Å². The second-order valence-electron chi connectivity index (χ2n) is 5.75. The Kier molecular flexibility index (Phi) is 3.54. The number of carbonyl (C=O) groups excluding carboxylic acids is 1. The van der Waals surface area contributed by atoms with Gasteiger partial charge in [0, 0.05) is 0 Å². The minimum absolute atomic E-state index is 0.00714. The largest absolute Gasteiger partial charge is 0.349 e. The lowest BCUT2D eigenvalue weighted by Crippen LogP contribution is -2.36. The summed E-state index contributed by atoms with van der Waals surface area (Å²) < 4.78 is 22.9. The van der Waals surface area contributed by atoms with Gasteiger partial charge in [0.05, 0.1) is 23.5 Å². The average Bonchev–Trinajstić information content (AvgIpc) is 2.80. The van der Waals surface area contributed by atoms with Crippen LogP contribution in [0, 0.1) is 5.92 Å². The maximum atomic E-state index is 12.2. The first-order chi connectivity index (χ1) is 9.55. The molecule has 108 valence electrons. The lowest BCUT2D eigenvalue weighted by atomic mass is 9.87. The number of rotatable bonds is 2. The van der Waals surface area contributed by atoms with E-state index in [1.165, 1.54) is 11.1 Å². The Morgan fingerprint density at radius 2 is 2.00 bits per heavy atom. The molecular formula is C15H19NO3S. The summed E-state index contributed by atoms with van der Waals surface area (Å²) in [5, 5.41) is 3.05. The maximum Gasteiger partial charge on any atom is 0.224 e. The molecule has 4 nitrogen and oxygen atoms in total. The third-order valence-corrected chi connectivity index (χ3v) is 6.06. The molecule has 1 amide bonds. The van der Waals surface area contributed by atoms with E-state index in [2.05, 4.69) is 17.4 Å². The fraction of sp³-hybridized carbons (Fsp3) is 0.533. The van der Waals surface area contributed by atoms with Crippen molar-refractivity contribution in [2.24, 2.45) is 5.92 Å². The Morgan fingerprint density at radius 1 is 1.20 bits per heavy atom. The number of nitrogens with one attached hydrogen (secondary N) is 1.